The van der Waals surface area contributed by atoms with Crippen LogP contribution >= 0.6 is 11.6 Å². The van der Waals surface area contributed by atoms with Gasteiger partial charge in [0.25, 0.3) is 0 Å². The maximum Gasteiger partial charge on any atom is 0.238 e. The zero-order chi connectivity index (χ0) is 19.9. The zero-order valence-electron chi connectivity index (χ0n) is 15.8. The number of nitrogens with zero attached hydrogens (tertiary/aromatic N) is 1. The minimum atomic E-state index is -0.535. The van der Waals surface area contributed by atoms with Crippen LogP contribution in [0.5, 0.6) is 0 Å². The van der Waals surface area contributed by atoms with Crippen molar-refractivity contribution in [2.24, 2.45) is 11.8 Å². The molecule has 0 aromatic heterocycles. The van der Waals surface area contributed by atoms with Crippen molar-refractivity contribution in [3.8, 4) is 0 Å². The summed E-state index contributed by atoms with van der Waals surface area (Å²) in [6, 6.07) is 23.6. The largest absolute Gasteiger partial charge is 0.274 e. The summed E-state index contributed by atoms with van der Waals surface area (Å²) in [5.41, 5.74) is 4.69. The van der Waals surface area contributed by atoms with E-state index in [1.54, 1.807) is 24.3 Å². The summed E-state index contributed by atoms with van der Waals surface area (Å²) in [4.78, 5) is 28.8. The molecule has 3 nitrogen and oxygen atoms in total. The Morgan fingerprint density at radius 1 is 0.828 bits per heavy atom. The third-order valence-electron chi connectivity index (χ3n) is 7.11. The van der Waals surface area contributed by atoms with Crippen molar-refractivity contribution in [2.45, 2.75) is 18.3 Å². The second-order valence-electron chi connectivity index (χ2n) is 8.35. The molecule has 2 bridgehead atoms. The number of anilines is 1. The van der Waals surface area contributed by atoms with Gasteiger partial charge >= 0.3 is 0 Å². The molecule has 7 rings (SSSR count). The predicted molar refractivity (Wildman–Crippen MR) is 112 cm³/mol. The molecule has 1 fully saturated rings. The van der Waals surface area contributed by atoms with Crippen LogP contribution in [0.3, 0.4) is 0 Å². The highest BCUT2D eigenvalue weighted by Crippen LogP contribution is 2.64. The van der Waals surface area contributed by atoms with Crippen LogP contribution in [0.15, 0.2) is 72.8 Å². The molecule has 1 saturated heterocycles. The quantitative estimate of drug-likeness (QED) is 0.545. The number of hydrogen-bond acceptors (Lipinski definition) is 2. The molecule has 2 unspecified atom stereocenters. The molecular weight excluding hydrogens is 382 g/mol. The topological polar surface area (TPSA) is 37.4 Å². The summed E-state index contributed by atoms with van der Waals surface area (Å²) in [7, 11) is 0. The average Bonchev–Trinajstić information content (AvgIpc) is 3.00. The van der Waals surface area contributed by atoms with Gasteiger partial charge in [0.15, 0.2) is 0 Å². The molecule has 0 radical (unpaired) electrons. The minimum absolute atomic E-state index is 0.102. The lowest BCUT2D eigenvalue weighted by molar-refractivity contribution is -0.123. The molecule has 4 aliphatic rings. The summed E-state index contributed by atoms with van der Waals surface area (Å²) in [5, 5.41) is 0.513. The molecule has 2 amide bonds. The Hall–Kier alpha value is -2.91. The van der Waals surface area contributed by atoms with E-state index < -0.39 is 17.3 Å². The van der Waals surface area contributed by atoms with Gasteiger partial charge in [0.2, 0.25) is 11.8 Å². The molecule has 0 spiro atoms. The van der Waals surface area contributed by atoms with Gasteiger partial charge in [-0.1, -0.05) is 73.1 Å². The standard InChI is InChI=1S/C25H18ClNO2/c1-25-18-11-4-2-9-16(18)20(17-10-3-5-12-19(17)25)21-22(25)24(29)27(23(21)28)15-8-6-7-14(26)13-15/h2-13,20-22H,1H3. The number of imide groups is 1. The number of amides is 2. The lowest BCUT2D eigenvalue weighted by Crippen LogP contribution is -2.51. The van der Waals surface area contributed by atoms with Crippen molar-refractivity contribution in [1.29, 1.82) is 0 Å². The van der Waals surface area contributed by atoms with Crippen LogP contribution in [0.4, 0.5) is 5.69 Å². The molecule has 2 atom stereocenters. The molecule has 4 heteroatoms. The summed E-state index contributed by atoms with van der Waals surface area (Å²) in [6.07, 6.45) is 0. The Labute approximate surface area is 173 Å². The van der Waals surface area contributed by atoms with Gasteiger partial charge in [-0.3, -0.25) is 9.59 Å². The van der Waals surface area contributed by atoms with Gasteiger partial charge in [-0.15, -0.1) is 0 Å². The lowest BCUT2D eigenvalue weighted by Gasteiger charge is -2.52. The van der Waals surface area contributed by atoms with E-state index in [0.29, 0.717) is 10.7 Å². The van der Waals surface area contributed by atoms with Gasteiger partial charge in [0.1, 0.15) is 0 Å². The Morgan fingerprint density at radius 3 is 2.07 bits per heavy atom. The predicted octanol–water partition coefficient (Wildman–Crippen LogP) is 4.91. The van der Waals surface area contributed by atoms with Crippen molar-refractivity contribution in [2.75, 3.05) is 4.90 Å². The zero-order valence-corrected chi connectivity index (χ0v) is 16.6. The first-order chi connectivity index (χ1) is 14.0. The second-order valence-corrected chi connectivity index (χ2v) is 8.79. The van der Waals surface area contributed by atoms with E-state index in [1.807, 2.05) is 24.3 Å². The fourth-order valence-corrected chi connectivity index (χ4v) is 6.21. The van der Waals surface area contributed by atoms with Gasteiger partial charge in [0, 0.05) is 16.4 Å². The molecule has 1 heterocycles. The van der Waals surface area contributed by atoms with Gasteiger partial charge in [-0.25, -0.2) is 4.90 Å². The highest BCUT2D eigenvalue weighted by atomic mass is 35.5. The molecular formula is C25H18ClNO2. The normalized spacial score (nSPS) is 28.9. The highest BCUT2D eigenvalue weighted by molar-refractivity contribution is 6.31. The molecule has 0 N–H and O–H groups in total. The number of hydrogen-bond donors (Lipinski definition) is 0. The maximum absolute atomic E-state index is 13.7. The van der Waals surface area contributed by atoms with Crippen LogP contribution in [-0.2, 0) is 15.0 Å². The third-order valence-corrected chi connectivity index (χ3v) is 7.34. The summed E-state index contributed by atoms with van der Waals surface area (Å²) in [5.74, 6) is -1.16. The third kappa shape index (κ3) is 1.94. The van der Waals surface area contributed by atoms with Gasteiger partial charge in [0.05, 0.1) is 17.5 Å². The number of carbonyl (C=O) groups excluding carboxylic acids is 2. The number of halogens is 1. The molecule has 1 aliphatic heterocycles. The smallest absolute Gasteiger partial charge is 0.238 e. The fraction of sp³-hybridized carbons (Fsp3) is 0.200. The number of carbonyl (C=O) groups is 2. The molecule has 3 aromatic rings. The van der Waals surface area contributed by atoms with Crippen LogP contribution in [0, 0.1) is 11.8 Å². The van der Waals surface area contributed by atoms with Crippen LogP contribution in [0.25, 0.3) is 0 Å². The van der Waals surface area contributed by atoms with Crippen molar-refractivity contribution in [3.05, 3.63) is 100 Å². The van der Waals surface area contributed by atoms with Gasteiger partial charge in [-0.05, 0) is 40.5 Å². The molecule has 29 heavy (non-hydrogen) atoms. The minimum Gasteiger partial charge on any atom is -0.274 e. The maximum atomic E-state index is 13.7. The van der Waals surface area contributed by atoms with Crippen LogP contribution in [0.2, 0.25) is 5.02 Å². The van der Waals surface area contributed by atoms with Crippen LogP contribution in [0.1, 0.15) is 35.1 Å². The first-order valence-electron chi connectivity index (χ1n) is 9.85. The second kappa shape index (κ2) is 5.58. The van der Waals surface area contributed by atoms with Crippen molar-refractivity contribution in [3.63, 3.8) is 0 Å². The summed E-state index contributed by atoms with van der Waals surface area (Å²) < 4.78 is 0. The number of benzene rings is 3. The Morgan fingerprint density at radius 2 is 1.45 bits per heavy atom. The highest BCUT2D eigenvalue weighted by Gasteiger charge is 2.66. The fourth-order valence-electron chi connectivity index (χ4n) is 6.02. The van der Waals surface area contributed by atoms with E-state index in [-0.39, 0.29) is 17.7 Å². The summed E-state index contributed by atoms with van der Waals surface area (Å²) in [6.45, 7) is 2.13. The molecule has 0 saturated carbocycles. The van der Waals surface area contributed by atoms with Gasteiger partial charge < -0.3 is 0 Å². The first-order valence-corrected chi connectivity index (χ1v) is 10.2. The Bertz CT molecular complexity index is 1170. The van der Waals surface area contributed by atoms with Crippen LogP contribution in [-0.4, -0.2) is 11.8 Å². The molecule has 3 aliphatic carbocycles. The van der Waals surface area contributed by atoms with E-state index in [2.05, 4.69) is 31.2 Å². The first kappa shape index (κ1) is 17.0. The average molecular weight is 400 g/mol. The van der Waals surface area contributed by atoms with Crippen molar-refractivity contribution < 1.29 is 9.59 Å². The van der Waals surface area contributed by atoms with Gasteiger partial charge in [-0.2, -0.15) is 0 Å². The Kier molecular flexibility index (Phi) is 3.27. The van der Waals surface area contributed by atoms with E-state index in [9.17, 15) is 9.59 Å². The van der Waals surface area contributed by atoms with E-state index >= 15 is 0 Å². The van der Waals surface area contributed by atoms with E-state index in [0.717, 1.165) is 0 Å². The molecule has 3 aromatic carbocycles. The molecule has 142 valence electrons. The summed E-state index contributed by atoms with van der Waals surface area (Å²) >= 11 is 6.17. The van der Waals surface area contributed by atoms with E-state index in [4.69, 9.17) is 11.6 Å². The Balaban J connectivity index is 1.63. The van der Waals surface area contributed by atoms with Crippen molar-refractivity contribution >= 4 is 29.1 Å². The lowest BCUT2D eigenvalue weighted by atomic mass is 9.48. The number of rotatable bonds is 1. The van der Waals surface area contributed by atoms with E-state index in [1.165, 1.54) is 27.2 Å². The monoisotopic (exact) mass is 399 g/mol. The van der Waals surface area contributed by atoms with Crippen molar-refractivity contribution in [1.82, 2.24) is 0 Å². The van der Waals surface area contributed by atoms with Crippen LogP contribution < -0.4 is 4.90 Å². The SMILES string of the molecule is CC12c3ccccc3C(c3ccccc31)C1C(=O)N(c3cccc(Cl)c3)C(=O)C12.